The fourth-order valence-corrected chi connectivity index (χ4v) is 1.34. The van der Waals surface area contributed by atoms with Crippen molar-refractivity contribution in [2.45, 2.75) is 19.4 Å². The molecule has 0 amide bonds. The number of hydrogen-bond acceptors (Lipinski definition) is 3. The maximum Gasteiger partial charge on any atom is 0.341 e. The first-order valence-electron chi connectivity index (χ1n) is 4.94. The zero-order chi connectivity index (χ0) is 13.1. The average molecular weight is 253 g/mol. The first-order chi connectivity index (χ1) is 7.89. The molecule has 1 aromatic carbocycles. The van der Waals surface area contributed by atoms with Crippen LogP contribution in [-0.2, 0) is 4.74 Å². The number of rotatable bonds is 3. The van der Waals surface area contributed by atoms with Gasteiger partial charge in [0.25, 0.3) is 0 Å². The molecule has 0 unspecified atom stereocenters. The van der Waals surface area contributed by atoms with Gasteiger partial charge in [0.1, 0.15) is 11.3 Å². The van der Waals surface area contributed by atoms with Crippen LogP contribution in [0.1, 0.15) is 24.2 Å². The molecule has 0 aromatic heterocycles. The van der Waals surface area contributed by atoms with Gasteiger partial charge < -0.3 is 9.47 Å². The van der Waals surface area contributed by atoms with Crippen molar-refractivity contribution in [3.8, 4) is 18.1 Å². The molecule has 0 N–H and O–H groups in total. The molecule has 0 heterocycles. The van der Waals surface area contributed by atoms with Crippen LogP contribution >= 0.6 is 11.6 Å². The summed E-state index contributed by atoms with van der Waals surface area (Å²) in [6.07, 6.45) is 5.33. The summed E-state index contributed by atoms with van der Waals surface area (Å²) in [6, 6.07) is 4.69. The van der Waals surface area contributed by atoms with Crippen molar-refractivity contribution in [3.63, 3.8) is 0 Å². The van der Waals surface area contributed by atoms with Gasteiger partial charge in [-0.05, 0) is 32.0 Å². The molecule has 90 valence electrons. The third-order valence-electron chi connectivity index (χ3n) is 2.06. The third-order valence-corrected chi connectivity index (χ3v) is 2.29. The molecular weight excluding hydrogens is 240 g/mol. The molecule has 0 radical (unpaired) electrons. The van der Waals surface area contributed by atoms with E-state index in [9.17, 15) is 4.79 Å². The normalized spacial score (nSPS) is 10.5. The second-order valence-corrected chi connectivity index (χ2v) is 4.33. The summed E-state index contributed by atoms with van der Waals surface area (Å²) in [6.45, 7) is 3.45. The number of carbonyl (C=O) groups is 1. The van der Waals surface area contributed by atoms with Gasteiger partial charge in [0.15, 0.2) is 5.60 Å². The van der Waals surface area contributed by atoms with Gasteiger partial charge in [-0.15, -0.1) is 6.42 Å². The van der Waals surface area contributed by atoms with Crippen LogP contribution in [0.4, 0.5) is 0 Å². The summed E-state index contributed by atoms with van der Waals surface area (Å²) in [5.74, 6) is 2.31. The highest BCUT2D eigenvalue weighted by atomic mass is 35.5. The average Bonchev–Trinajstić information content (AvgIpc) is 2.30. The molecule has 3 nitrogen and oxygen atoms in total. The van der Waals surface area contributed by atoms with Crippen LogP contribution in [0.5, 0.6) is 5.75 Å². The van der Waals surface area contributed by atoms with Crippen LogP contribution < -0.4 is 4.74 Å². The first-order valence-corrected chi connectivity index (χ1v) is 5.32. The zero-order valence-corrected chi connectivity index (χ0v) is 10.7. The van der Waals surface area contributed by atoms with Crippen LogP contribution in [0.15, 0.2) is 18.2 Å². The van der Waals surface area contributed by atoms with E-state index in [1.807, 2.05) is 0 Å². The van der Waals surface area contributed by atoms with Crippen molar-refractivity contribution < 1.29 is 14.3 Å². The number of halogens is 1. The molecule has 0 saturated heterocycles. The molecule has 0 fully saturated rings. The third kappa shape index (κ3) is 3.40. The Morgan fingerprint density at radius 3 is 2.65 bits per heavy atom. The summed E-state index contributed by atoms with van der Waals surface area (Å²) >= 11 is 5.82. The minimum Gasteiger partial charge on any atom is -0.474 e. The highest BCUT2D eigenvalue weighted by Gasteiger charge is 2.21. The van der Waals surface area contributed by atoms with Crippen LogP contribution in [0.2, 0.25) is 5.02 Å². The molecule has 4 heteroatoms. The lowest BCUT2D eigenvalue weighted by molar-refractivity contribution is 0.0591. The SMILES string of the molecule is C#CC(C)(C)Oc1ccc(Cl)cc1C(=O)OC. The molecule has 0 spiro atoms. The number of benzene rings is 1. The monoisotopic (exact) mass is 252 g/mol. The van der Waals surface area contributed by atoms with E-state index in [4.69, 9.17) is 22.8 Å². The van der Waals surface area contributed by atoms with Gasteiger partial charge in [-0.2, -0.15) is 0 Å². The predicted octanol–water partition coefficient (Wildman–Crippen LogP) is 2.92. The molecule has 0 aliphatic heterocycles. The maximum atomic E-state index is 11.5. The van der Waals surface area contributed by atoms with Crippen LogP contribution in [0.3, 0.4) is 0 Å². The minimum atomic E-state index is -0.809. The van der Waals surface area contributed by atoms with Gasteiger partial charge >= 0.3 is 5.97 Å². The predicted molar refractivity (Wildman–Crippen MR) is 66.3 cm³/mol. The van der Waals surface area contributed by atoms with Crippen molar-refractivity contribution in [1.29, 1.82) is 0 Å². The summed E-state index contributed by atoms with van der Waals surface area (Å²) < 4.78 is 10.2. The lowest BCUT2D eigenvalue weighted by Crippen LogP contribution is -2.26. The van der Waals surface area contributed by atoms with E-state index in [1.54, 1.807) is 26.0 Å². The number of methoxy groups -OCH3 is 1. The quantitative estimate of drug-likeness (QED) is 0.613. The highest BCUT2D eigenvalue weighted by molar-refractivity contribution is 6.31. The molecule has 0 aliphatic carbocycles. The van der Waals surface area contributed by atoms with E-state index < -0.39 is 11.6 Å². The number of esters is 1. The topological polar surface area (TPSA) is 35.5 Å². The van der Waals surface area contributed by atoms with E-state index in [-0.39, 0.29) is 5.56 Å². The Balaban J connectivity index is 3.16. The van der Waals surface area contributed by atoms with Crippen molar-refractivity contribution in [2.75, 3.05) is 7.11 Å². The molecule has 17 heavy (non-hydrogen) atoms. The van der Waals surface area contributed by atoms with Gasteiger partial charge in [-0.3, -0.25) is 0 Å². The van der Waals surface area contributed by atoms with Gasteiger partial charge in [-0.25, -0.2) is 4.79 Å². The number of ether oxygens (including phenoxy) is 2. The summed E-state index contributed by atoms with van der Waals surface area (Å²) in [5.41, 5.74) is -0.556. The van der Waals surface area contributed by atoms with E-state index in [2.05, 4.69) is 10.7 Å². The van der Waals surface area contributed by atoms with Gasteiger partial charge in [-0.1, -0.05) is 17.5 Å². The second kappa shape index (κ2) is 5.11. The van der Waals surface area contributed by atoms with Gasteiger partial charge in [0.2, 0.25) is 0 Å². The van der Waals surface area contributed by atoms with Gasteiger partial charge in [0, 0.05) is 5.02 Å². The minimum absolute atomic E-state index is 0.253. The Kier molecular flexibility index (Phi) is 4.03. The van der Waals surface area contributed by atoms with Crippen molar-refractivity contribution in [2.24, 2.45) is 0 Å². The fourth-order valence-electron chi connectivity index (χ4n) is 1.17. The van der Waals surface area contributed by atoms with Crippen LogP contribution in [0.25, 0.3) is 0 Å². The van der Waals surface area contributed by atoms with Gasteiger partial charge in [0.05, 0.1) is 7.11 Å². The zero-order valence-electron chi connectivity index (χ0n) is 9.91. The highest BCUT2D eigenvalue weighted by Crippen LogP contribution is 2.26. The van der Waals surface area contributed by atoms with E-state index >= 15 is 0 Å². The van der Waals surface area contributed by atoms with E-state index in [0.717, 1.165) is 0 Å². The second-order valence-electron chi connectivity index (χ2n) is 3.89. The maximum absolute atomic E-state index is 11.5. The van der Waals surface area contributed by atoms with Crippen LogP contribution in [-0.4, -0.2) is 18.7 Å². The number of carbonyl (C=O) groups excluding carboxylic acids is 1. The van der Waals surface area contributed by atoms with Crippen molar-refractivity contribution in [3.05, 3.63) is 28.8 Å². The Bertz CT molecular complexity index is 472. The Morgan fingerprint density at radius 2 is 2.12 bits per heavy atom. The molecule has 1 aromatic rings. The Morgan fingerprint density at radius 1 is 1.47 bits per heavy atom. The number of terminal acetylenes is 1. The molecule has 0 atom stereocenters. The van der Waals surface area contributed by atoms with E-state index in [1.165, 1.54) is 13.2 Å². The molecular formula is C13H13ClO3. The summed E-state index contributed by atoms with van der Waals surface area (Å²) in [5, 5.41) is 0.427. The Hall–Kier alpha value is -1.66. The largest absolute Gasteiger partial charge is 0.474 e. The molecule has 0 aliphatic rings. The molecule has 0 saturated carbocycles. The summed E-state index contributed by atoms with van der Waals surface area (Å²) in [7, 11) is 1.29. The smallest absolute Gasteiger partial charge is 0.341 e. The summed E-state index contributed by atoms with van der Waals surface area (Å²) in [4.78, 5) is 11.5. The lowest BCUT2D eigenvalue weighted by atomic mass is 10.1. The lowest BCUT2D eigenvalue weighted by Gasteiger charge is -2.21. The Labute approximate surface area is 106 Å². The van der Waals surface area contributed by atoms with Crippen molar-refractivity contribution >= 4 is 17.6 Å². The molecule has 0 bridgehead atoms. The fraction of sp³-hybridized carbons (Fsp3) is 0.308. The molecule has 1 rings (SSSR count). The van der Waals surface area contributed by atoms with Crippen molar-refractivity contribution in [1.82, 2.24) is 0 Å². The standard InChI is InChI=1S/C13H13ClO3/c1-5-13(2,3)17-11-7-6-9(14)8-10(11)12(15)16-4/h1,6-8H,2-4H3. The van der Waals surface area contributed by atoms with E-state index in [0.29, 0.717) is 10.8 Å². The number of hydrogen-bond donors (Lipinski definition) is 0. The first kappa shape index (κ1) is 13.4. The van der Waals surface area contributed by atoms with Crippen LogP contribution in [0, 0.1) is 12.3 Å².